The molecular weight excluding hydrogens is 1260 g/mol. The molecule has 4 nitrogen and oxygen atoms in total. The van der Waals surface area contributed by atoms with Crippen molar-refractivity contribution in [2.45, 2.75) is 0 Å². The van der Waals surface area contributed by atoms with E-state index in [1.54, 1.807) is 0 Å². The Kier molecular flexibility index (Phi) is 12.0. The first-order valence-corrected chi connectivity index (χ1v) is 36.0. The Morgan fingerprint density at radius 1 is 0.144 bits per heavy atom. The zero-order valence-corrected chi connectivity index (χ0v) is 56.4. The molecule has 2 aliphatic carbocycles. The van der Waals surface area contributed by atoms with Gasteiger partial charge in [0.15, 0.2) is 0 Å². The Balaban J connectivity index is 0.000000127. The number of hydrogen-bond donors (Lipinski definition) is 0. The Morgan fingerprint density at radius 3 is 0.856 bits per heavy atom. The highest BCUT2D eigenvalue weighted by atomic mass is 15.0. The average Bonchev–Trinajstić information content (AvgIpc) is 1.57. The van der Waals surface area contributed by atoms with E-state index in [-0.39, 0.29) is 0 Å². The second kappa shape index (κ2) is 21.9. The van der Waals surface area contributed by atoms with Crippen LogP contribution in [-0.2, 0) is 0 Å². The molecule has 0 radical (unpaired) electrons. The van der Waals surface area contributed by atoms with E-state index in [9.17, 15) is 0 Å². The van der Waals surface area contributed by atoms with Crippen molar-refractivity contribution in [2.24, 2.45) is 0 Å². The van der Waals surface area contributed by atoms with Crippen LogP contribution in [0.2, 0.25) is 0 Å². The predicted molar refractivity (Wildman–Crippen MR) is 440 cm³/mol. The number of hydrogen-bond acceptors (Lipinski definition) is 0. The van der Waals surface area contributed by atoms with E-state index >= 15 is 0 Å². The van der Waals surface area contributed by atoms with E-state index in [4.69, 9.17) is 0 Å². The standard InChI is InChI=1S/2C50H30N2/c1-2-13-35(14-3-1)51-47-24-21-34(29-43(47)44-27-31-11-4-5-12-32(31)30-49(44)51)33-22-25-48-42(28-33)38-17-8-9-20-45(38)52(48)46-26-23-40-37-16-7-6-15-36(37)39-18-10-19-41(46)50(39)40;1-2-13-35(14-3-1)51-45-20-9-8-17-38(45)42-28-33(21-24-47(42)51)34-22-25-48-43(29-34)44-27-31-11-4-5-12-32(31)30-49(44)52(48)46-26-23-40-37-16-7-6-15-36(37)39-18-10-19-41(46)50(39)40/h2*1-30H. The van der Waals surface area contributed by atoms with Gasteiger partial charge in [0, 0.05) is 65.2 Å². The third-order valence-electron chi connectivity index (χ3n) is 22.8. The van der Waals surface area contributed by atoms with Crippen LogP contribution in [0, 0.1) is 0 Å². The molecule has 0 amide bonds. The molecular formula is C100H60N4. The first-order valence-electron chi connectivity index (χ1n) is 36.0. The van der Waals surface area contributed by atoms with E-state index in [0.29, 0.717) is 0 Å². The van der Waals surface area contributed by atoms with Gasteiger partial charge >= 0.3 is 0 Å². The first-order chi connectivity index (χ1) is 51.6. The van der Waals surface area contributed by atoms with Crippen molar-refractivity contribution >= 4 is 130 Å². The molecule has 0 unspecified atom stereocenters. The minimum atomic E-state index is 1.17. The van der Waals surface area contributed by atoms with Gasteiger partial charge in [0.05, 0.1) is 55.5 Å². The Hall–Kier alpha value is -13.8. The molecule has 104 heavy (non-hydrogen) atoms. The van der Waals surface area contributed by atoms with Crippen molar-refractivity contribution in [2.75, 3.05) is 0 Å². The van der Waals surface area contributed by atoms with Crippen molar-refractivity contribution in [3.05, 3.63) is 364 Å². The molecule has 0 atom stereocenters. The average molecular weight is 1320 g/mol. The van der Waals surface area contributed by atoms with Crippen LogP contribution in [0.4, 0.5) is 0 Å². The van der Waals surface area contributed by atoms with Gasteiger partial charge in [-0.3, -0.25) is 0 Å². The van der Waals surface area contributed by atoms with Crippen molar-refractivity contribution in [1.82, 2.24) is 18.3 Å². The lowest BCUT2D eigenvalue weighted by atomic mass is 9.99. The topological polar surface area (TPSA) is 19.7 Å². The van der Waals surface area contributed by atoms with Crippen LogP contribution in [0.25, 0.3) is 220 Å². The summed E-state index contributed by atoms with van der Waals surface area (Å²) >= 11 is 0. The van der Waals surface area contributed by atoms with Gasteiger partial charge in [0.25, 0.3) is 0 Å². The fraction of sp³-hybridized carbons (Fsp3) is 0. The smallest absolute Gasteiger partial charge is 0.0547 e. The van der Waals surface area contributed by atoms with Gasteiger partial charge in [-0.15, -0.1) is 0 Å². The molecule has 0 spiro atoms. The molecule has 22 aromatic rings. The number of fused-ring (bicyclic) bond motifs is 20. The number of rotatable bonds is 6. The lowest BCUT2D eigenvalue weighted by molar-refractivity contribution is 1.18. The SMILES string of the molecule is c1ccc(-n2c3ccc(-c4ccc5c(c4)c4ccccc4n5-c4ccc5c6c(cccc46)-c4ccccc4-5)cc3c3cc4ccccc4cc32)cc1.c1ccc(-n2c3ccccc3c3cc(-c4ccc5c(c4)c4cc6ccccc6cc4n5-c4ccc5c6c(cccc46)-c4ccccc4-5)ccc32)cc1. The highest BCUT2D eigenvalue weighted by molar-refractivity contribution is 6.23. The summed E-state index contributed by atoms with van der Waals surface area (Å²) in [5, 5.41) is 20.4. The molecule has 0 N–H and O–H groups in total. The third kappa shape index (κ3) is 8.19. The largest absolute Gasteiger partial charge is 0.309 e. The van der Waals surface area contributed by atoms with E-state index in [2.05, 4.69) is 382 Å². The van der Waals surface area contributed by atoms with Gasteiger partial charge in [-0.25, -0.2) is 0 Å². The Bertz CT molecular complexity index is 7400. The van der Waals surface area contributed by atoms with Crippen LogP contribution >= 0.6 is 0 Å². The van der Waals surface area contributed by atoms with E-state index in [1.165, 1.54) is 220 Å². The second-order valence-electron chi connectivity index (χ2n) is 28.2. The molecule has 480 valence electrons. The Labute approximate surface area is 598 Å². The molecule has 4 aromatic heterocycles. The molecule has 0 bridgehead atoms. The van der Waals surface area contributed by atoms with Gasteiger partial charge < -0.3 is 18.3 Å². The van der Waals surface area contributed by atoms with E-state index in [1.807, 2.05) is 0 Å². The summed E-state index contributed by atoms with van der Waals surface area (Å²) in [6.45, 7) is 0. The summed E-state index contributed by atoms with van der Waals surface area (Å²) in [7, 11) is 0. The monoisotopic (exact) mass is 1320 g/mol. The van der Waals surface area contributed by atoms with E-state index < -0.39 is 0 Å². The summed E-state index contributed by atoms with van der Waals surface area (Å²) in [5.41, 5.74) is 30.0. The van der Waals surface area contributed by atoms with Crippen LogP contribution < -0.4 is 0 Å². The van der Waals surface area contributed by atoms with Crippen LogP contribution in [-0.4, -0.2) is 18.3 Å². The highest BCUT2D eigenvalue weighted by Gasteiger charge is 2.27. The van der Waals surface area contributed by atoms with E-state index in [0.717, 1.165) is 0 Å². The maximum Gasteiger partial charge on any atom is 0.0547 e. The maximum absolute atomic E-state index is 2.50. The number of nitrogens with zero attached hydrogens (tertiary/aromatic N) is 4. The normalized spacial score (nSPS) is 12.2. The lowest BCUT2D eigenvalue weighted by Gasteiger charge is -2.14. The summed E-state index contributed by atoms with van der Waals surface area (Å²) in [6, 6.07) is 135. The molecule has 2 aliphatic rings. The fourth-order valence-electron chi connectivity index (χ4n) is 18.3. The van der Waals surface area contributed by atoms with Crippen LogP contribution in [0.15, 0.2) is 364 Å². The van der Waals surface area contributed by atoms with Gasteiger partial charge in [-0.1, -0.05) is 243 Å². The van der Waals surface area contributed by atoms with Crippen LogP contribution in [0.1, 0.15) is 0 Å². The molecule has 0 saturated heterocycles. The van der Waals surface area contributed by atoms with Gasteiger partial charge in [-0.2, -0.15) is 0 Å². The van der Waals surface area contributed by atoms with Crippen molar-refractivity contribution in [3.8, 4) is 89.5 Å². The molecule has 0 fully saturated rings. The molecule has 4 heterocycles. The summed E-state index contributed by atoms with van der Waals surface area (Å²) in [6.07, 6.45) is 0. The lowest BCUT2D eigenvalue weighted by Crippen LogP contribution is -1.96. The maximum atomic E-state index is 2.50. The predicted octanol–water partition coefficient (Wildman–Crippen LogP) is 27.0. The van der Waals surface area contributed by atoms with Crippen molar-refractivity contribution in [3.63, 3.8) is 0 Å². The summed E-state index contributed by atoms with van der Waals surface area (Å²) in [4.78, 5) is 0. The Morgan fingerprint density at radius 2 is 0.423 bits per heavy atom. The highest BCUT2D eigenvalue weighted by Crippen LogP contribution is 2.52. The fourth-order valence-corrected chi connectivity index (χ4v) is 18.3. The zero-order valence-electron chi connectivity index (χ0n) is 56.4. The molecule has 4 heteroatoms. The van der Waals surface area contributed by atoms with Gasteiger partial charge in [-0.05, 0) is 220 Å². The number of aromatic nitrogens is 4. The first kappa shape index (κ1) is 57.0. The molecule has 18 aromatic carbocycles. The summed E-state index contributed by atoms with van der Waals surface area (Å²) < 4.78 is 9.77. The molecule has 0 saturated carbocycles. The minimum Gasteiger partial charge on any atom is -0.309 e. The third-order valence-corrected chi connectivity index (χ3v) is 22.8. The van der Waals surface area contributed by atoms with Crippen molar-refractivity contribution < 1.29 is 0 Å². The summed E-state index contributed by atoms with van der Waals surface area (Å²) in [5.74, 6) is 0. The number of benzene rings is 18. The van der Waals surface area contributed by atoms with Crippen LogP contribution in [0.3, 0.4) is 0 Å². The van der Waals surface area contributed by atoms with Gasteiger partial charge in [0.1, 0.15) is 0 Å². The second-order valence-corrected chi connectivity index (χ2v) is 28.2. The minimum absolute atomic E-state index is 1.17. The number of para-hydroxylation sites is 4. The zero-order chi connectivity index (χ0) is 67.8. The quantitative estimate of drug-likeness (QED) is 0.158. The van der Waals surface area contributed by atoms with Crippen molar-refractivity contribution in [1.29, 1.82) is 0 Å². The van der Waals surface area contributed by atoms with Gasteiger partial charge in [0.2, 0.25) is 0 Å². The molecule has 0 aliphatic heterocycles. The molecule has 24 rings (SSSR count). The van der Waals surface area contributed by atoms with Crippen LogP contribution in [0.5, 0.6) is 0 Å².